The van der Waals surface area contributed by atoms with Crippen LogP contribution in [0.5, 0.6) is 5.75 Å². The molecule has 0 amide bonds. The number of benzene rings is 2. The van der Waals surface area contributed by atoms with Gasteiger partial charge in [0.15, 0.2) is 0 Å². The molecule has 0 atom stereocenters. The van der Waals surface area contributed by atoms with E-state index in [1.165, 1.54) is 0 Å². The fourth-order valence-electron chi connectivity index (χ4n) is 3.07. The third kappa shape index (κ3) is 3.67. The van der Waals surface area contributed by atoms with Gasteiger partial charge in [0.25, 0.3) is 0 Å². The normalized spacial score (nSPS) is 21.7. The van der Waals surface area contributed by atoms with Crippen molar-refractivity contribution in [2.75, 3.05) is 0 Å². The Morgan fingerprint density at radius 2 is 1.64 bits per heavy atom. The Morgan fingerprint density at radius 1 is 0.909 bits per heavy atom. The molecule has 0 bridgehead atoms. The molecule has 22 heavy (non-hydrogen) atoms. The lowest BCUT2D eigenvalue weighted by Gasteiger charge is -2.26. The summed E-state index contributed by atoms with van der Waals surface area (Å²) in [5.41, 5.74) is 3.20. The molecule has 1 fully saturated rings. The molecule has 3 rings (SSSR count). The quantitative estimate of drug-likeness (QED) is 0.810. The summed E-state index contributed by atoms with van der Waals surface area (Å²) in [6.07, 6.45) is 3.61. The monoisotopic (exact) mass is 297 g/mol. The van der Waals surface area contributed by atoms with Gasteiger partial charge in [-0.3, -0.25) is 0 Å². The Balaban J connectivity index is 1.68. The zero-order valence-electron chi connectivity index (χ0n) is 12.7. The molecule has 2 aromatic carbocycles. The van der Waals surface area contributed by atoms with Gasteiger partial charge in [-0.2, -0.15) is 0 Å². The van der Waals surface area contributed by atoms with Crippen molar-refractivity contribution in [2.45, 2.75) is 44.4 Å². The number of aliphatic hydroxyl groups excluding tert-OH is 1. The van der Waals surface area contributed by atoms with E-state index in [9.17, 15) is 10.2 Å². The van der Waals surface area contributed by atoms with E-state index in [-0.39, 0.29) is 6.10 Å². The molecule has 2 aromatic rings. The van der Waals surface area contributed by atoms with Gasteiger partial charge in [-0.05, 0) is 48.9 Å². The number of phenols is 1. The molecule has 0 aromatic heterocycles. The number of hydrogen-bond acceptors (Lipinski definition) is 3. The first-order chi connectivity index (χ1) is 10.7. The number of rotatable bonds is 4. The van der Waals surface area contributed by atoms with Crippen LogP contribution in [0.1, 0.15) is 31.2 Å². The zero-order chi connectivity index (χ0) is 15.4. The molecule has 0 saturated heterocycles. The maximum atomic E-state index is 10.1. The van der Waals surface area contributed by atoms with Gasteiger partial charge in [0.2, 0.25) is 0 Å². The van der Waals surface area contributed by atoms with Crippen LogP contribution in [0.2, 0.25) is 0 Å². The van der Waals surface area contributed by atoms with Crippen LogP contribution in [-0.2, 0) is 6.54 Å². The molecule has 1 aliphatic carbocycles. The predicted molar refractivity (Wildman–Crippen MR) is 88.6 cm³/mol. The van der Waals surface area contributed by atoms with Gasteiger partial charge in [0.1, 0.15) is 5.75 Å². The zero-order valence-corrected chi connectivity index (χ0v) is 12.7. The molecule has 0 aliphatic heterocycles. The van der Waals surface area contributed by atoms with Crippen LogP contribution in [0, 0.1) is 0 Å². The molecule has 1 saturated carbocycles. The molecule has 0 spiro atoms. The first-order valence-electron chi connectivity index (χ1n) is 8.01. The topological polar surface area (TPSA) is 52.5 Å². The molecule has 3 heteroatoms. The van der Waals surface area contributed by atoms with Crippen molar-refractivity contribution < 1.29 is 10.2 Å². The molecule has 0 heterocycles. The Bertz CT molecular complexity index is 604. The van der Waals surface area contributed by atoms with Crippen LogP contribution in [0.15, 0.2) is 48.5 Å². The highest BCUT2D eigenvalue weighted by Gasteiger charge is 2.19. The van der Waals surface area contributed by atoms with Crippen molar-refractivity contribution >= 4 is 0 Å². The van der Waals surface area contributed by atoms with Crippen LogP contribution in [0.3, 0.4) is 0 Å². The number of phenolic OH excluding ortho intramolecular Hbond substituents is 1. The number of nitrogens with one attached hydrogen (secondary N) is 1. The Labute approximate surface area is 131 Å². The Kier molecular flexibility index (Phi) is 4.76. The second-order valence-corrected chi connectivity index (χ2v) is 6.10. The van der Waals surface area contributed by atoms with Crippen LogP contribution >= 0.6 is 0 Å². The van der Waals surface area contributed by atoms with Crippen molar-refractivity contribution in [1.29, 1.82) is 0 Å². The van der Waals surface area contributed by atoms with Crippen LogP contribution in [0.4, 0.5) is 0 Å². The van der Waals surface area contributed by atoms with E-state index in [1.54, 1.807) is 6.07 Å². The highest BCUT2D eigenvalue weighted by atomic mass is 16.3. The SMILES string of the molecule is Oc1ccc(-c2ccccc2)cc1CNC1CCC(O)CC1. The molecule has 116 valence electrons. The largest absolute Gasteiger partial charge is 0.508 e. The standard InChI is InChI=1S/C19H23NO2/c21-18-9-7-17(8-10-18)20-13-16-12-15(6-11-19(16)22)14-4-2-1-3-5-14/h1-6,11-12,17-18,20-22H,7-10,13H2. The van der Waals surface area contributed by atoms with Crippen LogP contribution in [-0.4, -0.2) is 22.4 Å². The van der Waals surface area contributed by atoms with E-state index in [0.29, 0.717) is 18.3 Å². The first-order valence-corrected chi connectivity index (χ1v) is 8.01. The third-order valence-corrected chi connectivity index (χ3v) is 4.46. The lowest BCUT2D eigenvalue weighted by atomic mass is 9.93. The summed E-state index contributed by atoms with van der Waals surface area (Å²) in [5.74, 6) is 0.336. The van der Waals surface area contributed by atoms with Crippen molar-refractivity contribution in [2.24, 2.45) is 0 Å². The van der Waals surface area contributed by atoms with Crippen molar-refractivity contribution in [3.63, 3.8) is 0 Å². The van der Waals surface area contributed by atoms with E-state index in [0.717, 1.165) is 42.4 Å². The van der Waals surface area contributed by atoms with Gasteiger partial charge in [-0.1, -0.05) is 36.4 Å². The minimum Gasteiger partial charge on any atom is -0.508 e. The summed E-state index contributed by atoms with van der Waals surface area (Å²) < 4.78 is 0. The average molecular weight is 297 g/mol. The predicted octanol–water partition coefficient (Wildman–Crippen LogP) is 3.45. The minimum atomic E-state index is -0.132. The number of aliphatic hydroxyl groups is 1. The lowest BCUT2D eigenvalue weighted by molar-refractivity contribution is 0.116. The van der Waals surface area contributed by atoms with Gasteiger partial charge in [0, 0.05) is 18.2 Å². The second-order valence-electron chi connectivity index (χ2n) is 6.10. The third-order valence-electron chi connectivity index (χ3n) is 4.46. The van der Waals surface area contributed by atoms with E-state index in [4.69, 9.17) is 0 Å². The van der Waals surface area contributed by atoms with Crippen molar-refractivity contribution in [3.8, 4) is 16.9 Å². The molecular weight excluding hydrogens is 274 g/mol. The van der Waals surface area contributed by atoms with Crippen molar-refractivity contribution in [1.82, 2.24) is 5.32 Å². The highest BCUT2D eigenvalue weighted by molar-refractivity contribution is 5.65. The van der Waals surface area contributed by atoms with Gasteiger partial charge in [-0.25, -0.2) is 0 Å². The molecule has 0 unspecified atom stereocenters. The Hall–Kier alpha value is -1.84. The van der Waals surface area contributed by atoms with Gasteiger partial charge >= 0.3 is 0 Å². The summed E-state index contributed by atoms with van der Waals surface area (Å²) in [7, 11) is 0. The summed E-state index contributed by atoms with van der Waals surface area (Å²) in [4.78, 5) is 0. The second kappa shape index (κ2) is 6.95. The maximum absolute atomic E-state index is 10.1. The van der Waals surface area contributed by atoms with E-state index in [1.807, 2.05) is 24.3 Å². The van der Waals surface area contributed by atoms with E-state index < -0.39 is 0 Å². The van der Waals surface area contributed by atoms with Gasteiger partial charge < -0.3 is 15.5 Å². The summed E-state index contributed by atoms with van der Waals surface area (Å²) >= 11 is 0. The van der Waals surface area contributed by atoms with Crippen LogP contribution < -0.4 is 5.32 Å². The van der Waals surface area contributed by atoms with Crippen molar-refractivity contribution in [3.05, 3.63) is 54.1 Å². The lowest BCUT2D eigenvalue weighted by Crippen LogP contribution is -2.34. The highest BCUT2D eigenvalue weighted by Crippen LogP contribution is 2.26. The average Bonchev–Trinajstić information content (AvgIpc) is 2.56. The summed E-state index contributed by atoms with van der Waals surface area (Å²) in [6.45, 7) is 0.660. The fraction of sp³-hybridized carbons (Fsp3) is 0.368. The molecular formula is C19H23NO2. The van der Waals surface area contributed by atoms with Gasteiger partial charge in [0.05, 0.1) is 6.10 Å². The summed E-state index contributed by atoms with van der Waals surface area (Å²) in [5, 5.41) is 23.1. The maximum Gasteiger partial charge on any atom is 0.120 e. The Morgan fingerprint density at radius 3 is 2.36 bits per heavy atom. The van der Waals surface area contributed by atoms with E-state index in [2.05, 4.69) is 23.5 Å². The van der Waals surface area contributed by atoms with Gasteiger partial charge in [-0.15, -0.1) is 0 Å². The molecule has 1 aliphatic rings. The minimum absolute atomic E-state index is 0.132. The number of aromatic hydroxyl groups is 1. The fourth-order valence-corrected chi connectivity index (χ4v) is 3.07. The molecule has 3 N–H and O–H groups in total. The van der Waals surface area contributed by atoms with E-state index >= 15 is 0 Å². The smallest absolute Gasteiger partial charge is 0.120 e. The van der Waals surface area contributed by atoms with Crippen LogP contribution in [0.25, 0.3) is 11.1 Å². The summed E-state index contributed by atoms with van der Waals surface area (Å²) in [6, 6.07) is 16.4. The first kappa shape index (κ1) is 15.1. The number of hydrogen-bond donors (Lipinski definition) is 3. The molecule has 3 nitrogen and oxygen atoms in total. The molecule has 0 radical (unpaired) electrons.